The summed E-state index contributed by atoms with van der Waals surface area (Å²) in [4.78, 5) is 0. The first-order valence-electron chi connectivity index (χ1n) is 5.56. The van der Waals surface area contributed by atoms with E-state index in [4.69, 9.17) is 10.5 Å². The van der Waals surface area contributed by atoms with Crippen molar-refractivity contribution < 1.29 is 4.74 Å². The van der Waals surface area contributed by atoms with Gasteiger partial charge in [-0.2, -0.15) is 0 Å². The number of fused-ring (bicyclic) bond motifs is 1. The molecule has 0 saturated carbocycles. The smallest absolute Gasteiger partial charge is 0.0564 e. The zero-order chi connectivity index (χ0) is 10.9. The molecule has 0 amide bonds. The van der Waals surface area contributed by atoms with Crippen LogP contribution in [0.4, 0.5) is 0 Å². The molecule has 2 nitrogen and oxygen atoms in total. The maximum Gasteiger partial charge on any atom is 0.0564 e. The van der Waals surface area contributed by atoms with E-state index in [1.807, 2.05) is 0 Å². The van der Waals surface area contributed by atoms with Gasteiger partial charge < -0.3 is 10.5 Å². The van der Waals surface area contributed by atoms with E-state index >= 15 is 0 Å². The van der Waals surface area contributed by atoms with Crippen LogP contribution in [0.5, 0.6) is 0 Å². The predicted molar refractivity (Wildman–Crippen MR) is 61.7 cm³/mol. The zero-order valence-electron chi connectivity index (χ0n) is 9.49. The number of benzene rings is 1. The quantitative estimate of drug-likeness (QED) is 0.821. The second-order valence-corrected chi connectivity index (χ2v) is 4.56. The average molecular weight is 205 g/mol. The van der Waals surface area contributed by atoms with E-state index in [2.05, 4.69) is 31.2 Å². The van der Waals surface area contributed by atoms with Crippen LogP contribution in [-0.4, -0.2) is 13.2 Å². The molecule has 1 aliphatic carbocycles. The Hall–Kier alpha value is -0.860. The summed E-state index contributed by atoms with van der Waals surface area (Å²) in [6.45, 7) is 2.08. The van der Waals surface area contributed by atoms with Gasteiger partial charge in [0.1, 0.15) is 0 Å². The molecule has 0 spiro atoms. The molecule has 0 radical (unpaired) electrons. The van der Waals surface area contributed by atoms with Crippen LogP contribution >= 0.6 is 0 Å². The van der Waals surface area contributed by atoms with Crippen molar-refractivity contribution in [3.63, 3.8) is 0 Å². The fourth-order valence-corrected chi connectivity index (χ4v) is 2.52. The van der Waals surface area contributed by atoms with Gasteiger partial charge in [0, 0.05) is 12.6 Å². The molecule has 0 bridgehead atoms. The highest BCUT2D eigenvalue weighted by Gasteiger charge is 2.35. The van der Waals surface area contributed by atoms with Crippen molar-refractivity contribution in [3.05, 3.63) is 35.4 Å². The highest BCUT2D eigenvalue weighted by atomic mass is 16.5. The Morgan fingerprint density at radius 2 is 2.20 bits per heavy atom. The highest BCUT2D eigenvalue weighted by Crippen LogP contribution is 2.38. The van der Waals surface area contributed by atoms with Crippen molar-refractivity contribution in [2.45, 2.75) is 37.8 Å². The Morgan fingerprint density at radius 1 is 1.47 bits per heavy atom. The van der Waals surface area contributed by atoms with Gasteiger partial charge in [0.15, 0.2) is 0 Å². The van der Waals surface area contributed by atoms with Gasteiger partial charge in [-0.3, -0.25) is 0 Å². The van der Waals surface area contributed by atoms with E-state index in [-0.39, 0.29) is 11.6 Å². The molecule has 82 valence electrons. The van der Waals surface area contributed by atoms with Crippen LogP contribution in [0.15, 0.2) is 24.3 Å². The number of ether oxygens (including phenoxy) is 1. The van der Waals surface area contributed by atoms with E-state index < -0.39 is 0 Å². The molecular formula is C13H19NO. The number of hydrogen-bond acceptors (Lipinski definition) is 2. The third-order valence-electron chi connectivity index (χ3n) is 3.45. The van der Waals surface area contributed by atoms with Crippen LogP contribution in [0.1, 0.15) is 30.9 Å². The highest BCUT2D eigenvalue weighted by molar-refractivity contribution is 5.38. The summed E-state index contributed by atoms with van der Waals surface area (Å²) in [6, 6.07) is 8.50. The molecule has 0 saturated heterocycles. The summed E-state index contributed by atoms with van der Waals surface area (Å²) in [5, 5.41) is 0. The molecule has 2 unspecified atom stereocenters. The Morgan fingerprint density at radius 3 is 2.93 bits per heavy atom. The maximum absolute atomic E-state index is 6.47. The Balaban J connectivity index is 2.24. The molecule has 0 heterocycles. The number of rotatable bonds is 3. The monoisotopic (exact) mass is 205 g/mol. The molecule has 2 N–H and O–H groups in total. The van der Waals surface area contributed by atoms with Crippen molar-refractivity contribution in [2.75, 3.05) is 7.11 Å². The summed E-state index contributed by atoms with van der Waals surface area (Å²) in [6.07, 6.45) is 3.27. The van der Waals surface area contributed by atoms with Gasteiger partial charge >= 0.3 is 0 Å². The van der Waals surface area contributed by atoms with Crippen molar-refractivity contribution in [2.24, 2.45) is 5.73 Å². The second-order valence-electron chi connectivity index (χ2n) is 4.56. The third-order valence-corrected chi connectivity index (χ3v) is 3.45. The molecule has 0 aromatic heterocycles. The lowest BCUT2D eigenvalue weighted by Gasteiger charge is -2.28. The predicted octanol–water partition coefficient (Wildman–Crippen LogP) is 2.21. The summed E-state index contributed by atoms with van der Waals surface area (Å²) in [5.74, 6) is 0. The van der Waals surface area contributed by atoms with Crippen LogP contribution in [0, 0.1) is 0 Å². The van der Waals surface area contributed by atoms with Crippen LogP contribution in [0.3, 0.4) is 0 Å². The maximum atomic E-state index is 6.47. The molecule has 15 heavy (non-hydrogen) atoms. The number of methoxy groups -OCH3 is 1. The molecule has 1 aromatic carbocycles. The SMILES string of the molecule is COC(C)CC1(N)CCc2ccccc21. The van der Waals surface area contributed by atoms with Gasteiger partial charge in [0.2, 0.25) is 0 Å². The van der Waals surface area contributed by atoms with Crippen molar-refractivity contribution >= 4 is 0 Å². The molecule has 0 fully saturated rings. The van der Waals surface area contributed by atoms with Crippen LogP contribution in [0.2, 0.25) is 0 Å². The minimum absolute atomic E-state index is 0.175. The Bertz CT molecular complexity index is 350. The topological polar surface area (TPSA) is 35.2 Å². The van der Waals surface area contributed by atoms with Gasteiger partial charge in [0.05, 0.1) is 6.10 Å². The normalized spacial score (nSPS) is 26.3. The minimum atomic E-state index is -0.175. The molecule has 1 aromatic rings. The largest absolute Gasteiger partial charge is 0.382 e. The fourth-order valence-electron chi connectivity index (χ4n) is 2.52. The summed E-state index contributed by atoms with van der Waals surface area (Å²) < 4.78 is 5.31. The van der Waals surface area contributed by atoms with Gasteiger partial charge in [0.25, 0.3) is 0 Å². The van der Waals surface area contributed by atoms with Gasteiger partial charge in [-0.1, -0.05) is 24.3 Å². The zero-order valence-corrected chi connectivity index (χ0v) is 9.49. The molecule has 2 heteroatoms. The Labute approximate surface area is 91.4 Å². The first-order chi connectivity index (χ1) is 7.15. The first kappa shape index (κ1) is 10.7. The number of nitrogens with two attached hydrogens (primary N) is 1. The lowest BCUT2D eigenvalue weighted by molar-refractivity contribution is 0.0874. The second kappa shape index (κ2) is 3.95. The van der Waals surface area contributed by atoms with Crippen LogP contribution in [0.25, 0.3) is 0 Å². The molecule has 1 aliphatic rings. The van der Waals surface area contributed by atoms with Gasteiger partial charge in [-0.05, 0) is 37.3 Å². The first-order valence-corrected chi connectivity index (χ1v) is 5.56. The van der Waals surface area contributed by atoms with Crippen molar-refractivity contribution in [3.8, 4) is 0 Å². The fraction of sp³-hybridized carbons (Fsp3) is 0.538. The van der Waals surface area contributed by atoms with E-state index in [0.29, 0.717) is 0 Å². The van der Waals surface area contributed by atoms with Crippen molar-refractivity contribution in [1.29, 1.82) is 0 Å². The summed E-state index contributed by atoms with van der Waals surface area (Å²) in [5.41, 5.74) is 9.01. The number of aryl methyl sites for hydroxylation is 1. The van der Waals surface area contributed by atoms with E-state index in [9.17, 15) is 0 Å². The van der Waals surface area contributed by atoms with Gasteiger partial charge in [-0.15, -0.1) is 0 Å². The van der Waals surface area contributed by atoms with Crippen LogP contribution in [-0.2, 0) is 16.7 Å². The average Bonchev–Trinajstić information content (AvgIpc) is 2.57. The Kier molecular flexibility index (Phi) is 2.81. The lowest BCUT2D eigenvalue weighted by atomic mass is 9.87. The van der Waals surface area contributed by atoms with E-state index in [1.165, 1.54) is 11.1 Å². The van der Waals surface area contributed by atoms with Crippen molar-refractivity contribution in [1.82, 2.24) is 0 Å². The molecule has 2 atom stereocenters. The minimum Gasteiger partial charge on any atom is -0.382 e. The third kappa shape index (κ3) is 1.92. The standard InChI is InChI=1S/C13H19NO/c1-10(15-2)9-13(14)8-7-11-5-3-4-6-12(11)13/h3-6,10H,7-9,14H2,1-2H3. The molecule has 2 rings (SSSR count). The van der Waals surface area contributed by atoms with Crippen LogP contribution < -0.4 is 5.73 Å². The van der Waals surface area contributed by atoms with E-state index in [1.54, 1.807) is 7.11 Å². The lowest BCUT2D eigenvalue weighted by Crippen LogP contribution is -2.37. The number of hydrogen-bond donors (Lipinski definition) is 1. The summed E-state index contributed by atoms with van der Waals surface area (Å²) in [7, 11) is 1.74. The summed E-state index contributed by atoms with van der Waals surface area (Å²) >= 11 is 0. The van der Waals surface area contributed by atoms with Gasteiger partial charge in [-0.25, -0.2) is 0 Å². The van der Waals surface area contributed by atoms with E-state index in [0.717, 1.165) is 19.3 Å². The molecular weight excluding hydrogens is 186 g/mol. The molecule has 0 aliphatic heterocycles.